The highest BCUT2D eigenvalue weighted by Gasteiger charge is 2.16. The van der Waals surface area contributed by atoms with Crippen molar-refractivity contribution in [2.24, 2.45) is 0 Å². The molecule has 0 aliphatic heterocycles. The Labute approximate surface area is 152 Å². The first-order valence-electron chi connectivity index (χ1n) is 7.60. The summed E-state index contributed by atoms with van der Waals surface area (Å²) in [5.74, 6) is 0.155. The van der Waals surface area contributed by atoms with Crippen LogP contribution >= 0.6 is 0 Å². The second-order valence-corrected chi connectivity index (χ2v) is 5.12. The number of hydrogen-bond donors (Lipinski definition) is 0. The van der Waals surface area contributed by atoms with Crippen LogP contribution in [0.4, 0.5) is 8.78 Å². The van der Waals surface area contributed by atoms with Crippen molar-refractivity contribution in [2.45, 2.75) is 6.61 Å². The van der Waals surface area contributed by atoms with Gasteiger partial charge in [0.15, 0.2) is 11.5 Å². The third-order valence-corrected chi connectivity index (χ3v) is 3.41. The quantitative estimate of drug-likeness (QED) is 0.609. The number of rotatable bonds is 6. The predicted molar refractivity (Wildman–Crippen MR) is 90.6 cm³/mol. The molecule has 2 heterocycles. The van der Waals surface area contributed by atoms with Gasteiger partial charge in [0, 0.05) is 18.0 Å². The predicted octanol–water partition coefficient (Wildman–Crippen LogP) is 3.81. The molecule has 136 valence electrons. The van der Waals surface area contributed by atoms with E-state index in [1.54, 1.807) is 30.6 Å². The molecule has 0 saturated carbocycles. The van der Waals surface area contributed by atoms with E-state index in [2.05, 4.69) is 19.9 Å². The molecule has 0 saturated heterocycles. The Kier molecular flexibility index (Phi) is 5.37. The molecule has 1 aromatic carbocycles. The number of pyridine rings is 1. The second kappa shape index (κ2) is 8.05. The minimum atomic E-state index is -2.97. The highest BCUT2D eigenvalue weighted by atomic mass is 19.3. The summed E-state index contributed by atoms with van der Waals surface area (Å²) >= 11 is 0. The summed E-state index contributed by atoms with van der Waals surface area (Å²) in [5.41, 5.74) is 1.30. The summed E-state index contributed by atoms with van der Waals surface area (Å²) < 4.78 is 39.4. The molecule has 0 radical (unpaired) electrons. The molecule has 3 rings (SSSR count). The summed E-state index contributed by atoms with van der Waals surface area (Å²) in [6, 6.07) is 9.72. The lowest BCUT2D eigenvalue weighted by atomic mass is 10.1. The van der Waals surface area contributed by atoms with Gasteiger partial charge in [-0.3, -0.25) is 4.98 Å². The lowest BCUT2D eigenvalue weighted by molar-refractivity contribution is -0.0512. The maximum absolute atomic E-state index is 12.4. The number of alkyl halides is 2. The molecule has 0 bridgehead atoms. The molecule has 0 amide bonds. The Morgan fingerprint density at radius 2 is 2.15 bits per heavy atom. The normalized spacial score (nSPS) is 11.3. The number of nitriles is 1. The van der Waals surface area contributed by atoms with Crippen LogP contribution in [-0.2, 0) is 0 Å². The fourth-order valence-electron chi connectivity index (χ4n) is 2.22. The first kappa shape index (κ1) is 18.0. The molecule has 2 aromatic heterocycles. The van der Waals surface area contributed by atoms with Gasteiger partial charge in [0.2, 0.25) is 5.82 Å². The van der Waals surface area contributed by atoms with Crippen LogP contribution in [0.3, 0.4) is 0 Å². The molecular formula is C18H12F2N4O3. The van der Waals surface area contributed by atoms with E-state index in [4.69, 9.17) is 9.26 Å². The number of halogens is 2. The van der Waals surface area contributed by atoms with Crippen LogP contribution in [0, 0.1) is 11.3 Å². The lowest BCUT2D eigenvalue weighted by Crippen LogP contribution is -2.03. The zero-order valence-electron chi connectivity index (χ0n) is 14.0. The smallest absolute Gasteiger partial charge is 0.387 e. The SMILES string of the molecule is COc1cc(-c2noc(C(C#N)=Cc3cccnc3)n2)ccc1OC(F)F. The van der Waals surface area contributed by atoms with Crippen molar-refractivity contribution >= 4 is 11.6 Å². The van der Waals surface area contributed by atoms with Crippen LogP contribution in [0.25, 0.3) is 23.0 Å². The number of methoxy groups -OCH3 is 1. The van der Waals surface area contributed by atoms with Crippen LogP contribution in [0.15, 0.2) is 47.2 Å². The Morgan fingerprint density at radius 1 is 1.30 bits per heavy atom. The molecule has 0 fully saturated rings. The Balaban J connectivity index is 1.91. The summed E-state index contributed by atoms with van der Waals surface area (Å²) in [7, 11) is 1.32. The number of ether oxygens (including phenoxy) is 2. The van der Waals surface area contributed by atoms with E-state index in [0.29, 0.717) is 11.1 Å². The molecule has 27 heavy (non-hydrogen) atoms. The maximum atomic E-state index is 12.4. The first-order chi connectivity index (χ1) is 13.1. The first-order valence-corrected chi connectivity index (χ1v) is 7.60. The van der Waals surface area contributed by atoms with Gasteiger partial charge in [-0.15, -0.1) is 0 Å². The van der Waals surface area contributed by atoms with Crippen LogP contribution in [0.2, 0.25) is 0 Å². The maximum Gasteiger partial charge on any atom is 0.387 e. The minimum Gasteiger partial charge on any atom is -0.493 e. The number of allylic oxidation sites excluding steroid dienone is 1. The number of aromatic nitrogens is 3. The standard InChI is InChI=1S/C18H12F2N4O3/c1-25-15-8-12(4-5-14(15)26-18(19)20)16-23-17(27-24-16)13(9-21)7-11-3-2-6-22-10-11/h2-8,10,18H,1H3. The van der Waals surface area contributed by atoms with Gasteiger partial charge in [-0.25, -0.2) is 0 Å². The van der Waals surface area contributed by atoms with E-state index in [1.807, 2.05) is 6.07 Å². The monoisotopic (exact) mass is 370 g/mol. The zero-order valence-corrected chi connectivity index (χ0v) is 14.0. The largest absolute Gasteiger partial charge is 0.493 e. The highest BCUT2D eigenvalue weighted by Crippen LogP contribution is 2.33. The van der Waals surface area contributed by atoms with Gasteiger partial charge in [0.25, 0.3) is 5.89 Å². The molecule has 0 unspecified atom stereocenters. The van der Waals surface area contributed by atoms with E-state index in [0.717, 1.165) is 0 Å². The molecule has 0 aliphatic rings. The Hall–Kier alpha value is -3.80. The number of nitrogens with zero attached hydrogens (tertiary/aromatic N) is 4. The highest BCUT2D eigenvalue weighted by molar-refractivity contribution is 5.86. The van der Waals surface area contributed by atoms with Gasteiger partial charge in [0.05, 0.1) is 7.11 Å². The van der Waals surface area contributed by atoms with Gasteiger partial charge >= 0.3 is 6.61 Å². The average Bonchev–Trinajstić information content (AvgIpc) is 3.16. The van der Waals surface area contributed by atoms with E-state index in [1.165, 1.54) is 25.3 Å². The molecule has 7 nitrogen and oxygen atoms in total. The van der Waals surface area contributed by atoms with E-state index in [-0.39, 0.29) is 28.8 Å². The summed E-state index contributed by atoms with van der Waals surface area (Å²) in [4.78, 5) is 8.15. The van der Waals surface area contributed by atoms with Crippen molar-refractivity contribution in [3.05, 3.63) is 54.2 Å². The van der Waals surface area contributed by atoms with Gasteiger partial charge in [-0.2, -0.15) is 19.0 Å². The van der Waals surface area contributed by atoms with E-state index >= 15 is 0 Å². The van der Waals surface area contributed by atoms with Gasteiger partial charge < -0.3 is 14.0 Å². The summed E-state index contributed by atoms with van der Waals surface area (Å²) in [6.45, 7) is -2.97. The van der Waals surface area contributed by atoms with Crippen LogP contribution in [0.1, 0.15) is 11.5 Å². The number of benzene rings is 1. The molecular weight excluding hydrogens is 358 g/mol. The Bertz CT molecular complexity index is 997. The molecule has 9 heteroatoms. The third kappa shape index (κ3) is 4.24. The number of hydrogen-bond acceptors (Lipinski definition) is 7. The zero-order chi connectivity index (χ0) is 19.2. The molecule has 0 spiro atoms. The molecule has 0 atom stereocenters. The fraction of sp³-hybridized carbons (Fsp3) is 0.111. The van der Waals surface area contributed by atoms with Crippen molar-refractivity contribution < 1.29 is 22.8 Å². The van der Waals surface area contributed by atoms with Crippen molar-refractivity contribution in [3.63, 3.8) is 0 Å². The fourth-order valence-corrected chi connectivity index (χ4v) is 2.22. The average molecular weight is 370 g/mol. The van der Waals surface area contributed by atoms with Crippen molar-refractivity contribution in [1.29, 1.82) is 5.26 Å². The topological polar surface area (TPSA) is 94.1 Å². The third-order valence-electron chi connectivity index (χ3n) is 3.41. The van der Waals surface area contributed by atoms with Crippen molar-refractivity contribution in [1.82, 2.24) is 15.1 Å². The van der Waals surface area contributed by atoms with E-state index < -0.39 is 6.61 Å². The lowest BCUT2D eigenvalue weighted by Gasteiger charge is -2.10. The summed E-state index contributed by atoms with van der Waals surface area (Å²) in [6.07, 6.45) is 4.76. The Morgan fingerprint density at radius 3 is 2.81 bits per heavy atom. The van der Waals surface area contributed by atoms with E-state index in [9.17, 15) is 14.0 Å². The van der Waals surface area contributed by atoms with Gasteiger partial charge in [-0.1, -0.05) is 11.2 Å². The second-order valence-electron chi connectivity index (χ2n) is 5.12. The van der Waals surface area contributed by atoms with Crippen LogP contribution in [-0.4, -0.2) is 28.8 Å². The molecule has 3 aromatic rings. The van der Waals surface area contributed by atoms with Crippen LogP contribution in [0.5, 0.6) is 11.5 Å². The van der Waals surface area contributed by atoms with Gasteiger partial charge in [0.1, 0.15) is 11.6 Å². The molecule has 0 N–H and O–H groups in total. The minimum absolute atomic E-state index is 0.0169. The van der Waals surface area contributed by atoms with Crippen LogP contribution < -0.4 is 9.47 Å². The van der Waals surface area contributed by atoms with Crippen molar-refractivity contribution in [3.8, 4) is 29.0 Å². The van der Waals surface area contributed by atoms with Crippen molar-refractivity contribution in [2.75, 3.05) is 7.11 Å². The van der Waals surface area contributed by atoms with Gasteiger partial charge in [-0.05, 0) is 35.9 Å². The molecule has 0 aliphatic carbocycles. The summed E-state index contributed by atoms with van der Waals surface area (Å²) in [5, 5.41) is 13.2.